The van der Waals surface area contributed by atoms with E-state index in [0.717, 1.165) is 9.13 Å². The van der Waals surface area contributed by atoms with Crippen molar-refractivity contribution < 1.29 is 42.3 Å². The van der Waals surface area contributed by atoms with Gasteiger partial charge >= 0.3 is 25.0 Å². The molecular formula is C18H20ClFIN5O8P2Si. The average Bonchev–Trinajstić information content (AvgIpc) is 3.34. The van der Waals surface area contributed by atoms with E-state index in [1.165, 1.54) is 10.9 Å². The maximum absolute atomic E-state index is 14.0. The van der Waals surface area contributed by atoms with Gasteiger partial charge in [0.15, 0.2) is 22.9 Å². The van der Waals surface area contributed by atoms with Crippen molar-refractivity contribution in [1.82, 2.24) is 19.5 Å². The second-order valence-corrected chi connectivity index (χ2v) is 14.5. The number of aromatic nitrogens is 4. The predicted octanol–water partition coefficient (Wildman–Crippen LogP) is 2.67. The molecule has 19 heteroatoms. The van der Waals surface area contributed by atoms with Gasteiger partial charge in [0, 0.05) is 10.1 Å². The maximum atomic E-state index is 14.0. The number of benzene rings is 1. The minimum absolute atomic E-state index is 0.115. The monoisotopic (exact) mass is 705 g/mol. The topological polar surface area (TPSA) is 189 Å². The van der Waals surface area contributed by atoms with Gasteiger partial charge in [-0.1, -0.05) is 12.1 Å². The Bertz CT molecular complexity index is 1390. The van der Waals surface area contributed by atoms with Gasteiger partial charge < -0.3 is 38.5 Å². The van der Waals surface area contributed by atoms with Crippen molar-refractivity contribution in [2.24, 2.45) is 0 Å². The minimum atomic E-state index is -4.84. The largest absolute Gasteiger partial charge is 0.390 e. The van der Waals surface area contributed by atoms with E-state index < -0.39 is 61.5 Å². The summed E-state index contributed by atoms with van der Waals surface area (Å²) in [6.07, 6.45) is -2.55. The number of imidazole rings is 1. The van der Waals surface area contributed by atoms with Crippen molar-refractivity contribution in [1.29, 1.82) is 0 Å². The summed E-state index contributed by atoms with van der Waals surface area (Å²) in [5.41, 5.74) is 0.386. The number of halogens is 3. The summed E-state index contributed by atoms with van der Waals surface area (Å²) in [5, 5.41) is 13.6. The maximum Gasteiger partial charge on any atom is 0.340 e. The summed E-state index contributed by atoms with van der Waals surface area (Å²) in [4.78, 5) is 40.3. The molecule has 0 aliphatic carbocycles. The number of nitrogens with zero attached hydrogens (tertiary/aromatic N) is 4. The molecule has 2 radical (unpaired) electrons. The number of aliphatic hydroxyl groups excluding tert-OH is 1. The van der Waals surface area contributed by atoms with Gasteiger partial charge in [-0.3, -0.25) is 13.7 Å². The summed E-state index contributed by atoms with van der Waals surface area (Å²) in [5.74, 6) is -1.08. The molecule has 3 unspecified atom stereocenters. The molecule has 3 heterocycles. The first-order valence-corrected chi connectivity index (χ1v) is 16.4. The number of aliphatic hydroxyl groups is 1. The standard InChI is InChI=1S/C18H20ClFIN5O8P2Si/c19-18-24-15(22-5-9-2-1-3-10(21)4-9)12-16(25-18)26(7-23-12)17-14(37-20)13(27)11(34-17)6-33-36(31,32)8-35(28,29)30/h1-4,7,11,13-14,17,27H,5-6,8H2,(H,31,32)(H,22,24,25)(H2,28,29,30)/t11-,13-,14?,17?/m1/s1. The second-order valence-electron chi connectivity index (χ2n) is 8.08. The van der Waals surface area contributed by atoms with Crippen LogP contribution >= 0.6 is 49.4 Å². The Balaban J connectivity index is 1.55. The molecule has 2 aromatic heterocycles. The first-order valence-electron chi connectivity index (χ1n) is 10.5. The van der Waals surface area contributed by atoms with Crippen LogP contribution in [0.4, 0.5) is 9.93 Å². The Morgan fingerprint density at radius 3 is 2.73 bits per heavy atom. The van der Waals surface area contributed by atoms with Crippen LogP contribution in [0.25, 0.3) is 11.2 Å². The molecular weight excluding hydrogens is 686 g/mol. The zero-order valence-corrected chi connectivity index (χ0v) is 24.3. The van der Waals surface area contributed by atoms with E-state index in [2.05, 4.69) is 42.9 Å². The van der Waals surface area contributed by atoms with E-state index in [1.54, 1.807) is 0 Å². The fourth-order valence-corrected chi connectivity index (χ4v) is 7.77. The Morgan fingerprint density at radius 2 is 2.05 bits per heavy atom. The van der Waals surface area contributed by atoms with Gasteiger partial charge in [0.1, 0.15) is 12.3 Å². The van der Waals surface area contributed by atoms with Crippen LogP contribution in [-0.2, 0) is 24.9 Å². The van der Waals surface area contributed by atoms with Crippen LogP contribution < -0.4 is 5.32 Å². The summed E-state index contributed by atoms with van der Waals surface area (Å²) >= 11 is 8.34. The van der Waals surface area contributed by atoms with E-state index in [-0.39, 0.29) is 10.9 Å². The Kier molecular flexibility index (Phi) is 9.07. The van der Waals surface area contributed by atoms with Gasteiger partial charge in [-0.2, -0.15) is 9.97 Å². The molecule has 1 aromatic carbocycles. The number of nitrogens with one attached hydrogen (secondary N) is 1. The molecule has 1 aliphatic rings. The normalized spacial score (nSPS) is 23.9. The van der Waals surface area contributed by atoms with Crippen LogP contribution in [0.5, 0.6) is 0 Å². The fraction of sp³-hybridized carbons (Fsp3) is 0.389. The lowest BCUT2D eigenvalue weighted by Gasteiger charge is -2.18. The van der Waals surface area contributed by atoms with Crippen LogP contribution in [0.1, 0.15) is 11.8 Å². The highest BCUT2D eigenvalue weighted by Gasteiger charge is 2.47. The summed E-state index contributed by atoms with van der Waals surface area (Å²) in [6.45, 7) is -0.300. The molecule has 1 saturated heterocycles. The second kappa shape index (κ2) is 11.6. The third-order valence-corrected chi connectivity index (χ3v) is 10.5. The first-order chi connectivity index (χ1) is 17.4. The molecule has 13 nitrogen and oxygen atoms in total. The van der Waals surface area contributed by atoms with Gasteiger partial charge in [-0.05, 0) is 51.9 Å². The molecule has 0 amide bonds. The number of ether oxygens (including phenoxy) is 1. The van der Waals surface area contributed by atoms with Crippen LogP contribution in [0, 0.1) is 3.57 Å². The highest BCUT2D eigenvalue weighted by atomic mass is 127. The molecule has 5 atom stereocenters. The van der Waals surface area contributed by atoms with Crippen LogP contribution in [0.15, 0.2) is 30.6 Å². The van der Waals surface area contributed by atoms with Gasteiger partial charge in [-0.15, -0.1) is 0 Å². The zero-order valence-electron chi connectivity index (χ0n) is 18.6. The number of fused-ring (bicyclic) bond motifs is 1. The molecule has 200 valence electrons. The third kappa shape index (κ3) is 7.13. The average molecular weight is 706 g/mol. The van der Waals surface area contributed by atoms with E-state index in [1.807, 2.05) is 24.3 Å². The highest BCUT2D eigenvalue weighted by Crippen LogP contribution is 2.55. The fourth-order valence-electron chi connectivity index (χ4n) is 3.73. The van der Waals surface area contributed by atoms with Crippen LogP contribution in [0.3, 0.4) is 0 Å². The van der Waals surface area contributed by atoms with Crippen molar-refractivity contribution in [3.8, 4) is 0 Å². The number of anilines is 1. The van der Waals surface area contributed by atoms with E-state index in [0.29, 0.717) is 17.9 Å². The van der Waals surface area contributed by atoms with E-state index >= 15 is 0 Å². The third-order valence-electron chi connectivity index (χ3n) is 5.32. The summed E-state index contributed by atoms with van der Waals surface area (Å²) in [7, 11) is -10.8. The molecule has 0 spiro atoms. The Hall–Kier alpha value is -1.04. The van der Waals surface area contributed by atoms with Crippen molar-refractivity contribution in [3.05, 3.63) is 45.0 Å². The van der Waals surface area contributed by atoms with Crippen molar-refractivity contribution in [2.75, 3.05) is 17.8 Å². The van der Waals surface area contributed by atoms with Gasteiger partial charge in [-0.25, -0.2) is 4.98 Å². The van der Waals surface area contributed by atoms with Gasteiger partial charge in [0.25, 0.3) is 0 Å². The first kappa shape index (κ1) is 29.0. The minimum Gasteiger partial charge on any atom is -0.390 e. The molecule has 5 N–H and O–H groups in total. The van der Waals surface area contributed by atoms with Crippen molar-refractivity contribution in [3.63, 3.8) is 0 Å². The molecule has 37 heavy (non-hydrogen) atoms. The lowest BCUT2D eigenvalue weighted by Crippen LogP contribution is -2.29. The Morgan fingerprint density at radius 1 is 1.30 bits per heavy atom. The van der Waals surface area contributed by atoms with Crippen LogP contribution in [0.2, 0.25) is 10.8 Å². The van der Waals surface area contributed by atoms with E-state index in [9.17, 15) is 23.2 Å². The van der Waals surface area contributed by atoms with Crippen molar-refractivity contribution in [2.45, 2.75) is 30.5 Å². The number of rotatable bonds is 10. The molecule has 1 fully saturated rings. The Labute approximate surface area is 230 Å². The lowest BCUT2D eigenvalue weighted by atomic mass is 10.2. The smallest absolute Gasteiger partial charge is 0.340 e. The zero-order chi connectivity index (χ0) is 27.0. The SMILES string of the molecule is O=P(O)(O)CP(=O)(O)OC[C@H]1OC(n2cnc3c(NCc4cccc(I)c4)nc(Cl)nc32)C([Si]F)[C@@H]1O. The van der Waals surface area contributed by atoms with Gasteiger partial charge in [0.2, 0.25) is 5.28 Å². The number of hydrogen-bond acceptors (Lipinski definition) is 9. The molecule has 1 aliphatic heterocycles. The summed E-state index contributed by atoms with van der Waals surface area (Å²) in [6, 6.07) is 7.79. The predicted molar refractivity (Wildman–Crippen MR) is 140 cm³/mol. The van der Waals surface area contributed by atoms with E-state index in [4.69, 9.17) is 30.6 Å². The molecule has 0 bridgehead atoms. The van der Waals surface area contributed by atoms with Crippen molar-refractivity contribution >= 4 is 76.2 Å². The van der Waals surface area contributed by atoms with Gasteiger partial charge in [0.05, 0.1) is 24.6 Å². The molecule has 4 rings (SSSR count). The lowest BCUT2D eigenvalue weighted by molar-refractivity contribution is -0.0395. The number of hydrogen-bond donors (Lipinski definition) is 5. The summed E-state index contributed by atoms with van der Waals surface area (Å²) < 4.78 is 49.9. The quantitative estimate of drug-likeness (QED) is 0.0683. The highest BCUT2D eigenvalue weighted by molar-refractivity contribution is 14.1. The molecule has 3 aromatic rings. The molecule has 0 saturated carbocycles. The van der Waals surface area contributed by atoms with Crippen LogP contribution in [-0.4, -0.2) is 73.9 Å².